The molecule has 1 N–H and O–H groups in total. The van der Waals surface area contributed by atoms with Crippen molar-refractivity contribution in [2.75, 3.05) is 13.7 Å². The SMILES string of the molecule is CCOC(=O)c1nnn(CC(=O)NC)c1C1CC1. The van der Waals surface area contributed by atoms with Gasteiger partial charge in [0.1, 0.15) is 6.54 Å². The van der Waals surface area contributed by atoms with Gasteiger partial charge < -0.3 is 10.1 Å². The smallest absolute Gasteiger partial charge is 0.360 e. The van der Waals surface area contributed by atoms with E-state index >= 15 is 0 Å². The number of hydrogen-bond acceptors (Lipinski definition) is 5. The molecule has 1 amide bonds. The number of nitrogens with zero attached hydrogens (tertiary/aromatic N) is 3. The molecule has 7 heteroatoms. The minimum Gasteiger partial charge on any atom is -0.461 e. The summed E-state index contributed by atoms with van der Waals surface area (Å²) in [4.78, 5) is 23.1. The molecule has 18 heavy (non-hydrogen) atoms. The molecule has 0 unspecified atom stereocenters. The highest BCUT2D eigenvalue weighted by atomic mass is 16.5. The molecule has 0 radical (unpaired) electrons. The molecule has 2 rings (SSSR count). The number of aromatic nitrogens is 3. The lowest BCUT2D eigenvalue weighted by Gasteiger charge is -2.05. The Balaban J connectivity index is 2.25. The third-order valence-electron chi connectivity index (χ3n) is 2.78. The first-order chi connectivity index (χ1) is 8.67. The van der Waals surface area contributed by atoms with Crippen LogP contribution >= 0.6 is 0 Å². The number of nitrogens with one attached hydrogen (secondary N) is 1. The van der Waals surface area contributed by atoms with E-state index in [2.05, 4.69) is 15.6 Å². The maximum atomic E-state index is 11.7. The number of esters is 1. The summed E-state index contributed by atoms with van der Waals surface area (Å²) >= 11 is 0. The van der Waals surface area contributed by atoms with Crippen LogP contribution in [0.2, 0.25) is 0 Å². The van der Waals surface area contributed by atoms with Gasteiger partial charge in [-0.05, 0) is 19.8 Å². The van der Waals surface area contributed by atoms with Crippen LogP contribution in [0.5, 0.6) is 0 Å². The second-order valence-corrected chi connectivity index (χ2v) is 4.15. The first-order valence-corrected chi connectivity index (χ1v) is 5.98. The first kappa shape index (κ1) is 12.5. The average molecular weight is 252 g/mol. The van der Waals surface area contributed by atoms with Crippen LogP contribution in [0.4, 0.5) is 0 Å². The van der Waals surface area contributed by atoms with E-state index in [-0.39, 0.29) is 24.1 Å². The number of carbonyl (C=O) groups is 2. The van der Waals surface area contributed by atoms with Crippen LogP contribution in [-0.4, -0.2) is 40.5 Å². The average Bonchev–Trinajstić information content (AvgIpc) is 3.11. The number of ether oxygens (including phenoxy) is 1. The number of hydrogen-bond donors (Lipinski definition) is 1. The summed E-state index contributed by atoms with van der Waals surface area (Å²) in [6.45, 7) is 2.11. The van der Waals surface area contributed by atoms with Gasteiger partial charge in [0.25, 0.3) is 0 Å². The van der Waals surface area contributed by atoms with Gasteiger partial charge in [0.2, 0.25) is 5.91 Å². The summed E-state index contributed by atoms with van der Waals surface area (Å²) in [5.41, 5.74) is 0.959. The number of likely N-dealkylation sites (N-methyl/N-ethyl adjacent to an activating group) is 1. The van der Waals surface area contributed by atoms with Crippen molar-refractivity contribution in [3.8, 4) is 0 Å². The minimum absolute atomic E-state index is 0.0781. The molecule has 0 aliphatic heterocycles. The van der Waals surface area contributed by atoms with Crippen LogP contribution in [-0.2, 0) is 16.1 Å². The van der Waals surface area contributed by atoms with Gasteiger partial charge in [-0.3, -0.25) is 4.79 Å². The van der Waals surface area contributed by atoms with E-state index in [0.29, 0.717) is 6.61 Å². The molecular formula is C11H16N4O3. The summed E-state index contributed by atoms with van der Waals surface area (Å²) in [5.74, 6) is -0.371. The fraction of sp³-hybridized carbons (Fsp3) is 0.636. The van der Waals surface area contributed by atoms with Gasteiger partial charge in [0.15, 0.2) is 5.69 Å². The summed E-state index contributed by atoms with van der Waals surface area (Å²) in [5, 5.41) is 10.2. The molecule has 1 aromatic heterocycles. The van der Waals surface area contributed by atoms with E-state index < -0.39 is 5.97 Å². The van der Waals surface area contributed by atoms with Crippen molar-refractivity contribution in [2.45, 2.75) is 32.2 Å². The normalized spacial score (nSPS) is 14.3. The maximum absolute atomic E-state index is 11.7. The fourth-order valence-electron chi connectivity index (χ4n) is 1.76. The van der Waals surface area contributed by atoms with Gasteiger partial charge in [-0.1, -0.05) is 5.21 Å². The Hall–Kier alpha value is -1.92. The topological polar surface area (TPSA) is 86.1 Å². The summed E-state index contributed by atoms with van der Waals surface area (Å²) < 4.78 is 6.42. The highest BCUT2D eigenvalue weighted by molar-refractivity contribution is 5.88. The number of amides is 1. The van der Waals surface area contributed by atoms with Gasteiger partial charge in [-0.25, -0.2) is 9.48 Å². The van der Waals surface area contributed by atoms with Gasteiger partial charge >= 0.3 is 5.97 Å². The lowest BCUT2D eigenvalue weighted by molar-refractivity contribution is -0.121. The van der Waals surface area contributed by atoms with Crippen molar-refractivity contribution in [1.82, 2.24) is 20.3 Å². The van der Waals surface area contributed by atoms with Crippen LogP contribution in [0.15, 0.2) is 0 Å². The molecule has 1 saturated carbocycles. The molecular weight excluding hydrogens is 236 g/mol. The van der Waals surface area contributed by atoms with Crippen molar-refractivity contribution in [1.29, 1.82) is 0 Å². The first-order valence-electron chi connectivity index (χ1n) is 5.98. The highest BCUT2D eigenvalue weighted by Gasteiger charge is 2.34. The molecule has 0 spiro atoms. The Morgan fingerprint density at radius 3 is 2.78 bits per heavy atom. The molecule has 0 saturated heterocycles. The van der Waals surface area contributed by atoms with E-state index in [9.17, 15) is 9.59 Å². The Kier molecular flexibility index (Phi) is 3.59. The van der Waals surface area contributed by atoms with Crippen LogP contribution in [0.1, 0.15) is 41.9 Å². The number of carbonyl (C=O) groups excluding carboxylic acids is 2. The predicted octanol–water partition coefficient (Wildman–Crippen LogP) is 0.0782. The van der Waals surface area contributed by atoms with E-state index in [1.54, 1.807) is 14.0 Å². The van der Waals surface area contributed by atoms with E-state index in [1.807, 2.05) is 0 Å². The zero-order valence-electron chi connectivity index (χ0n) is 10.5. The second kappa shape index (κ2) is 5.16. The lowest BCUT2D eigenvalue weighted by Crippen LogP contribution is -2.25. The fourth-order valence-corrected chi connectivity index (χ4v) is 1.76. The van der Waals surface area contributed by atoms with Crippen LogP contribution in [0, 0.1) is 0 Å². The molecule has 0 atom stereocenters. The monoisotopic (exact) mass is 252 g/mol. The third kappa shape index (κ3) is 2.49. The minimum atomic E-state index is -0.470. The highest BCUT2D eigenvalue weighted by Crippen LogP contribution is 2.41. The van der Waals surface area contributed by atoms with Crippen molar-refractivity contribution in [3.63, 3.8) is 0 Å². The molecule has 1 aliphatic rings. The third-order valence-corrected chi connectivity index (χ3v) is 2.78. The van der Waals surface area contributed by atoms with Crippen LogP contribution < -0.4 is 5.32 Å². The number of rotatable bonds is 5. The van der Waals surface area contributed by atoms with Gasteiger partial charge in [-0.2, -0.15) is 0 Å². The molecule has 1 heterocycles. The quantitative estimate of drug-likeness (QED) is 0.750. The van der Waals surface area contributed by atoms with Crippen molar-refractivity contribution < 1.29 is 14.3 Å². The van der Waals surface area contributed by atoms with E-state index in [4.69, 9.17) is 4.74 Å². The Bertz CT molecular complexity index is 465. The van der Waals surface area contributed by atoms with Gasteiger partial charge in [0, 0.05) is 13.0 Å². The molecule has 1 aliphatic carbocycles. The lowest BCUT2D eigenvalue weighted by atomic mass is 10.2. The van der Waals surface area contributed by atoms with Crippen molar-refractivity contribution in [3.05, 3.63) is 11.4 Å². The standard InChI is InChI=1S/C11H16N4O3/c1-3-18-11(17)9-10(7-4-5-7)15(14-13-9)6-8(16)12-2/h7H,3-6H2,1-2H3,(H,12,16). The van der Waals surface area contributed by atoms with Crippen molar-refractivity contribution in [2.24, 2.45) is 0 Å². The molecule has 1 aromatic rings. The largest absolute Gasteiger partial charge is 0.461 e. The van der Waals surface area contributed by atoms with Gasteiger partial charge in [-0.15, -0.1) is 5.10 Å². The van der Waals surface area contributed by atoms with E-state index in [0.717, 1.165) is 18.5 Å². The molecule has 1 fully saturated rings. The van der Waals surface area contributed by atoms with Gasteiger partial charge in [0.05, 0.1) is 12.3 Å². The van der Waals surface area contributed by atoms with Crippen molar-refractivity contribution >= 4 is 11.9 Å². The molecule has 7 nitrogen and oxygen atoms in total. The summed E-state index contributed by atoms with van der Waals surface area (Å²) in [6.07, 6.45) is 1.99. The molecule has 98 valence electrons. The Morgan fingerprint density at radius 1 is 1.50 bits per heavy atom. The summed E-state index contributed by atoms with van der Waals surface area (Å²) in [6, 6.07) is 0. The predicted molar refractivity (Wildman–Crippen MR) is 62.0 cm³/mol. The molecule has 0 bridgehead atoms. The molecule has 0 aromatic carbocycles. The zero-order chi connectivity index (χ0) is 13.1. The maximum Gasteiger partial charge on any atom is 0.360 e. The second-order valence-electron chi connectivity index (χ2n) is 4.15. The summed E-state index contributed by atoms with van der Waals surface area (Å²) in [7, 11) is 1.56. The van der Waals surface area contributed by atoms with Crippen LogP contribution in [0.25, 0.3) is 0 Å². The Morgan fingerprint density at radius 2 is 2.22 bits per heavy atom. The zero-order valence-corrected chi connectivity index (χ0v) is 10.5. The Labute approximate surface area is 104 Å². The van der Waals surface area contributed by atoms with E-state index in [1.165, 1.54) is 4.68 Å². The van der Waals surface area contributed by atoms with Crippen LogP contribution in [0.3, 0.4) is 0 Å².